The number of ether oxygens (including phenoxy) is 2. The molecule has 1 N–H and O–H groups in total. The molecule has 2 saturated heterocycles. The quantitative estimate of drug-likeness (QED) is 0.733. The normalized spacial score (nSPS) is 23.6. The average molecular weight is 429 g/mol. The van der Waals surface area contributed by atoms with Crippen LogP contribution in [-0.2, 0) is 6.42 Å². The maximum Gasteiger partial charge on any atom is 0.163 e. The lowest BCUT2D eigenvalue weighted by Gasteiger charge is -2.43. The Morgan fingerprint density at radius 3 is 2.48 bits per heavy atom. The molecule has 2 atom stereocenters. The molecule has 2 aromatic carbocycles. The molecule has 4 rings (SSSR count). The van der Waals surface area contributed by atoms with Gasteiger partial charge >= 0.3 is 0 Å². The topological polar surface area (TPSA) is 45.2 Å². The van der Waals surface area contributed by atoms with E-state index in [4.69, 9.17) is 9.47 Å². The molecule has 31 heavy (non-hydrogen) atoms. The maximum atomic E-state index is 13.4. The van der Waals surface area contributed by atoms with E-state index in [1.807, 2.05) is 0 Å². The molecule has 0 saturated carbocycles. The molecule has 6 heteroatoms. The van der Waals surface area contributed by atoms with E-state index in [0.29, 0.717) is 24.1 Å². The lowest BCUT2D eigenvalue weighted by atomic mass is 9.97. The van der Waals surface area contributed by atoms with E-state index in [1.54, 1.807) is 6.07 Å². The standard InChI is InChI=1S/C25H33FN2O3/c1-30-25-17-20(26)7-8-24(25)31-23-12-16-28(18-22(23)29)21-10-14-27(15-11-21)13-9-19-5-3-2-4-6-19/h2-8,17,21-23,29H,9-16,18H2,1H3/t22-,23-/m1/s1. The molecule has 5 nitrogen and oxygen atoms in total. The van der Waals surface area contributed by atoms with Crippen molar-refractivity contribution in [3.63, 3.8) is 0 Å². The number of hydrogen-bond acceptors (Lipinski definition) is 5. The summed E-state index contributed by atoms with van der Waals surface area (Å²) < 4.78 is 24.6. The zero-order chi connectivity index (χ0) is 21.6. The Hall–Kier alpha value is -2.15. The first-order chi connectivity index (χ1) is 15.1. The fourth-order valence-corrected chi connectivity index (χ4v) is 4.75. The minimum atomic E-state index is -0.570. The minimum absolute atomic E-state index is 0.304. The van der Waals surface area contributed by atoms with Crippen molar-refractivity contribution >= 4 is 0 Å². The summed E-state index contributed by atoms with van der Waals surface area (Å²) in [6.45, 7) is 4.84. The molecule has 0 aromatic heterocycles. The Kier molecular flexibility index (Phi) is 7.43. The summed E-state index contributed by atoms with van der Waals surface area (Å²) in [6, 6.07) is 15.4. The highest BCUT2D eigenvalue weighted by molar-refractivity contribution is 5.40. The fraction of sp³-hybridized carbons (Fsp3) is 0.520. The molecule has 0 radical (unpaired) electrons. The number of methoxy groups -OCH3 is 1. The van der Waals surface area contributed by atoms with Crippen LogP contribution < -0.4 is 9.47 Å². The minimum Gasteiger partial charge on any atom is -0.493 e. The second-order valence-electron chi connectivity index (χ2n) is 8.61. The number of nitrogens with zero attached hydrogens (tertiary/aromatic N) is 2. The molecule has 2 aliphatic heterocycles. The van der Waals surface area contributed by atoms with Gasteiger partial charge < -0.3 is 19.5 Å². The first-order valence-corrected chi connectivity index (χ1v) is 11.3. The predicted molar refractivity (Wildman–Crippen MR) is 119 cm³/mol. The van der Waals surface area contributed by atoms with Gasteiger partial charge in [0.1, 0.15) is 18.0 Å². The average Bonchev–Trinajstić information content (AvgIpc) is 2.81. The van der Waals surface area contributed by atoms with Crippen LogP contribution in [0.15, 0.2) is 48.5 Å². The van der Waals surface area contributed by atoms with Crippen LogP contribution in [0.25, 0.3) is 0 Å². The van der Waals surface area contributed by atoms with Gasteiger partial charge in [-0.15, -0.1) is 0 Å². The summed E-state index contributed by atoms with van der Waals surface area (Å²) >= 11 is 0. The zero-order valence-electron chi connectivity index (χ0n) is 18.3. The van der Waals surface area contributed by atoms with E-state index in [-0.39, 0.29) is 11.9 Å². The van der Waals surface area contributed by atoms with E-state index in [9.17, 15) is 9.50 Å². The van der Waals surface area contributed by atoms with Crippen molar-refractivity contribution in [2.75, 3.05) is 39.8 Å². The monoisotopic (exact) mass is 428 g/mol. The van der Waals surface area contributed by atoms with Gasteiger partial charge in [-0.1, -0.05) is 30.3 Å². The molecule has 0 bridgehead atoms. The van der Waals surface area contributed by atoms with Crippen molar-refractivity contribution in [2.45, 2.75) is 43.9 Å². The molecule has 0 unspecified atom stereocenters. The van der Waals surface area contributed by atoms with Crippen LogP contribution in [0.4, 0.5) is 4.39 Å². The Labute approximate surface area is 184 Å². The van der Waals surface area contributed by atoms with Crippen LogP contribution >= 0.6 is 0 Å². The van der Waals surface area contributed by atoms with Gasteiger partial charge in [0.25, 0.3) is 0 Å². The van der Waals surface area contributed by atoms with Crippen molar-refractivity contribution < 1.29 is 19.0 Å². The smallest absolute Gasteiger partial charge is 0.163 e. The van der Waals surface area contributed by atoms with Crippen molar-refractivity contribution in [2.24, 2.45) is 0 Å². The number of likely N-dealkylation sites (tertiary alicyclic amines) is 2. The van der Waals surface area contributed by atoms with E-state index in [1.165, 1.54) is 24.8 Å². The molecule has 0 aliphatic carbocycles. The summed E-state index contributed by atoms with van der Waals surface area (Å²) in [5.74, 6) is 0.473. The number of halogens is 1. The van der Waals surface area contributed by atoms with E-state index >= 15 is 0 Å². The van der Waals surface area contributed by atoms with Gasteiger partial charge in [0, 0.05) is 31.7 Å². The number of benzene rings is 2. The summed E-state index contributed by atoms with van der Waals surface area (Å²) in [4.78, 5) is 4.97. The molecular weight excluding hydrogens is 395 g/mol. The highest BCUT2D eigenvalue weighted by atomic mass is 19.1. The van der Waals surface area contributed by atoms with Crippen LogP contribution in [-0.4, -0.2) is 73.0 Å². The van der Waals surface area contributed by atoms with Gasteiger partial charge in [0.2, 0.25) is 0 Å². The third kappa shape index (κ3) is 5.76. The van der Waals surface area contributed by atoms with E-state index in [2.05, 4.69) is 40.1 Å². The van der Waals surface area contributed by atoms with Crippen LogP contribution in [0.3, 0.4) is 0 Å². The molecule has 2 fully saturated rings. The lowest BCUT2D eigenvalue weighted by molar-refractivity contribution is -0.0453. The molecule has 2 aromatic rings. The van der Waals surface area contributed by atoms with Gasteiger partial charge in [-0.2, -0.15) is 0 Å². The molecule has 2 heterocycles. The van der Waals surface area contributed by atoms with Gasteiger partial charge in [0.05, 0.1) is 7.11 Å². The maximum absolute atomic E-state index is 13.4. The van der Waals surface area contributed by atoms with Gasteiger partial charge in [-0.25, -0.2) is 4.39 Å². The SMILES string of the molecule is COc1cc(F)ccc1O[C@@H]1CCN(C2CCN(CCc3ccccc3)CC2)C[C@H]1O. The number of aliphatic hydroxyl groups is 1. The van der Waals surface area contributed by atoms with Crippen molar-refractivity contribution in [3.8, 4) is 11.5 Å². The zero-order valence-corrected chi connectivity index (χ0v) is 18.3. The summed E-state index contributed by atoms with van der Waals surface area (Å²) in [7, 11) is 1.49. The highest BCUT2D eigenvalue weighted by Crippen LogP contribution is 2.31. The van der Waals surface area contributed by atoms with Crippen molar-refractivity contribution in [1.82, 2.24) is 9.80 Å². The second kappa shape index (κ2) is 10.4. The van der Waals surface area contributed by atoms with E-state index < -0.39 is 6.10 Å². The second-order valence-corrected chi connectivity index (χ2v) is 8.61. The number of hydrogen-bond donors (Lipinski definition) is 1. The first-order valence-electron chi connectivity index (χ1n) is 11.3. The number of rotatable bonds is 7. The number of piperidine rings is 2. The molecule has 2 aliphatic rings. The highest BCUT2D eigenvalue weighted by Gasteiger charge is 2.34. The third-order valence-electron chi connectivity index (χ3n) is 6.59. The third-order valence-corrected chi connectivity index (χ3v) is 6.59. The van der Waals surface area contributed by atoms with Gasteiger partial charge in [-0.05, 0) is 56.5 Å². The molecule has 0 amide bonds. The van der Waals surface area contributed by atoms with Crippen LogP contribution in [0.5, 0.6) is 11.5 Å². The van der Waals surface area contributed by atoms with Gasteiger partial charge in [-0.3, -0.25) is 4.90 Å². The fourth-order valence-electron chi connectivity index (χ4n) is 4.75. The Balaban J connectivity index is 1.23. The summed E-state index contributed by atoms with van der Waals surface area (Å²) in [5, 5.41) is 10.7. The van der Waals surface area contributed by atoms with Crippen molar-refractivity contribution in [3.05, 3.63) is 59.9 Å². The Morgan fingerprint density at radius 2 is 1.77 bits per heavy atom. The van der Waals surface area contributed by atoms with Crippen LogP contribution in [0, 0.1) is 5.82 Å². The molecular formula is C25H33FN2O3. The van der Waals surface area contributed by atoms with Crippen molar-refractivity contribution in [1.29, 1.82) is 0 Å². The largest absolute Gasteiger partial charge is 0.493 e. The number of aliphatic hydroxyl groups excluding tert-OH is 1. The Morgan fingerprint density at radius 1 is 1.00 bits per heavy atom. The van der Waals surface area contributed by atoms with E-state index in [0.717, 1.165) is 51.9 Å². The van der Waals surface area contributed by atoms with Gasteiger partial charge in [0.15, 0.2) is 11.5 Å². The molecule has 168 valence electrons. The molecule has 0 spiro atoms. The lowest BCUT2D eigenvalue weighted by Crippen LogP contribution is -2.54. The number of β-amino-alcohol motifs (C(OH)–C–C–N with tert-alkyl or cyclic N) is 1. The van der Waals surface area contributed by atoms with Crippen LogP contribution in [0.1, 0.15) is 24.8 Å². The first kappa shape index (κ1) is 22.1. The summed E-state index contributed by atoms with van der Waals surface area (Å²) in [6.07, 6.45) is 3.24. The predicted octanol–water partition coefficient (Wildman–Crippen LogP) is 3.36. The van der Waals surface area contributed by atoms with Crippen LogP contribution in [0.2, 0.25) is 0 Å². The summed E-state index contributed by atoms with van der Waals surface area (Å²) in [5.41, 5.74) is 1.40. The Bertz CT molecular complexity index is 827.